The van der Waals surface area contributed by atoms with Gasteiger partial charge < -0.3 is 20.7 Å². The number of carbonyl (C=O) groups excluding carboxylic acids is 4. The fourth-order valence-electron chi connectivity index (χ4n) is 4.05. The Morgan fingerprint density at radius 2 is 1.73 bits per heavy atom. The molecule has 2 heterocycles. The molecule has 2 aromatic heterocycles. The van der Waals surface area contributed by atoms with Gasteiger partial charge in [-0.05, 0) is 42.3 Å². The van der Waals surface area contributed by atoms with E-state index in [0.29, 0.717) is 24.0 Å². The van der Waals surface area contributed by atoms with Gasteiger partial charge in [-0.1, -0.05) is 43.0 Å². The molecule has 2 aromatic carbocycles. The van der Waals surface area contributed by atoms with Crippen LogP contribution >= 0.6 is 0 Å². The molecule has 0 aliphatic carbocycles. The van der Waals surface area contributed by atoms with Crippen molar-refractivity contribution in [3.05, 3.63) is 96.8 Å². The maximum absolute atomic E-state index is 12.9. The second-order valence-electron chi connectivity index (χ2n) is 9.42. The van der Waals surface area contributed by atoms with E-state index in [1.165, 1.54) is 6.07 Å². The van der Waals surface area contributed by atoms with Gasteiger partial charge in [0.15, 0.2) is 0 Å². The molecule has 0 radical (unpaired) electrons. The number of rotatable bonds is 12. The van der Waals surface area contributed by atoms with Crippen molar-refractivity contribution in [1.82, 2.24) is 25.4 Å². The minimum Gasteiger partial charge on any atom is -0.385 e. The molecular formula is C30H27F3N6O5. The van der Waals surface area contributed by atoms with Crippen LogP contribution < -0.4 is 16.0 Å². The second-order valence-corrected chi connectivity index (χ2v) is 9.42. The number of pyridine rings is 1. The smallest absolute Gasteiger partial charge is 0.385 e. The van der Waals surface area contributed by atoms with E-state index in [9.17, 15) is 32.3 Å². The van der Waals surface area contributed by atoms with E-state index < -0.39 is 42.5 Å². The molecule has 4 rings (SSSR count). The van der Waals surface area contributed by atoms with Crippen LogP contribution in [-0.4, -0.2) is 63.8 Å². The number of ether oxygens (including phenoxy) is 1. The summed E-state index contributed by atoms with van der Waals surface area (Å²) in [6, 6.07) is 16.5. The van der Waals surface area contributed by atoms with E-state index >= 15 is 0 Å². The van der Waals surface area contributed by atoms with Gasteiger partial charge in [-0.3, -0.25) is 14.3 Å². The summed E-state index contributed by atoms with van der Waals surface area (Å²) in [6.45, 7) is 4.20. The van der Waals surface area contributed by atoms with Crippen LogP contribution in [0, 0.1) is 0 Å². The molecular weight excluding hydrogens is 581 g/mol. The Morgan fingerprint density at radius 3 is 2.43 bits per heavy atom. The first-order valence-corrected chi connectivity index (χ1v) is 13.3. The molecule has 0 unspecified atom stereocenters. The molecule has 1 atom stereocenters. The van der Waals surface area contributed by atoms with Gasteiger partial charge in [0.05, 0.1) is 11.7 Å². The van der Waals surface area contributed by atoms with Gasteiger partial charge in [0, 0.05) is 42.4 Å². The summed E-state index contributed by atoms with van der Waals surface area (Å²) in [5.41, 5.74) is 1.20. The Kier molecular flexibility index (Phi) is 10.1. The number of amides is 2. The van der Waals surface area contributed by atoms with Crippen molar-refractivity contribution < 1.29 is 37.1 Å². The third-order valence-corrected chi connectivity index (χ3v) is 6.30. The summed E-state index contributed by atoms with van der Waals surface area (Å²) in [5.74, 6) is -5.33. The average Bonchev–Trinajstić information content (AvgIpc) is 3.43. The predicted octanol–water partition coefficient (Wildman–Crippen LogP) is 3.49. The van der Waals surface area contributed by atoms with Gasteiger partial charge in [0.1, 0.15) is 11.9 Å². The maximum atomic E-state index is 12.9. The summed E-state index contributed by atoms with van der Waals surface area (Å²) >= 11 is 0. The van der Waals surface area contributed by atoms with Crippen LogP contribution in [-0.2, 0) is 25.7 Å². The molecule has 11 nitrogen and oxygen atoms in total. The first kappa shape index (κ1) is 31.4. The van der Waals surface area contributed by atoms with Gasteiger partial charge in [0.2, 0.25) is 0 Å². The van der Waals surface area contributed by atoms with Crippen LogP contribution in [0.15, 0.2) is 85.7 Å². The van der Waals surface area contributed by atoms with E-state index in [4.69, 9.17) is 0 Å². The Morgan fingerprint density at radius 1 is 0.977 bits per heavy atom. The van der Waals surface area contributed by atoms with E-state index in [0.717, 1.165) is 17.8 Å². The lowest BCUT2D eigenvalue weighted by Gasteiger charge is -2.19. The van der Waals surface area contributed by atoms with E-state index in [2.05, 4.69) is 37.3 Å². The Balaban J connectivity index is 1.39. The van der Waals surface area contributed by atoms with Crippen molar-refractivity contribution in [3.63, 3.8) is 0 Å². The van der Waals surface area contributed by atoms with Crippen LogP contribution in [0.1, 0.15) is 22.3 Å². The lowest BCUT2D eigenvalue weighted by Crippen LogP contribution is -2.50. The van der Waals surface area contributed by atoms with Crippen molar-refractivity contribution in [1.29, 1.82) is 0 Å². The van der Waals surface area contributed by atoms with Gasteiger partial charge in [-0.25, -0.2) is 14.6 Å². The fourth-order valence-corrected chi connectivity index (χ4v) is 4.05. The number of alkyl halides is 3. The van der Waals surface area contributed by atoms with Crippen molar-refractivity contribution in [2.45, 2.75) is 25.2 Å². The number of halogens is 3. The molecule has 4 aromatic rings. The summed E-state index contributed by atoms with van der Waals surface area (Å²) in [7, 11) is 0. The zero-order chi connectivity index (χ0) is 31.7. The summed E-state index contributed by atoms with van der Waals surface area (Å²) in [6.07, 6.45) is -1.43. The number of carbonyl (C=O) groups is 4. The van der Waals surface area contributed by atoms with Gasteiger partial charge >= 0.3 is 18.1 Å². The molecule has 228 valence electrons. The molecule has 0 fully saturated rings. The fraction of sp³-hybridized carbons (Fsp3) is 0.200. The third kappa shape index (κ3) is 8.27. The zero-order valence-electron chi connectivity index (χ0n) is 23.1. The number of esters is 2. The maximum Gasteiger partial charge on any atom is 0.491 e. The van der Waals surface area contributed by atoms with Crippen molar-refractivity contribution >= 4 is 46.0 Å². The highest BCUT2D eigenvalue weighted by molar-refractivity contribution is 6.19. The normalized spacial score (nSPS) is 11.8. The standard InChI is InChI=1S/C30H27F3N6O5/c1-19(20-8-3-2-4-9-20)26(40)38-23(28(42)44-29(43)30(31,32)33)18-36-27(41)21-11-12-24-22(16-21)17-37-39(24)15-7-14-35-25-10-5-6-13-34-25/h2-6,8-13,16-17,23H,1,7,14-15,18H2,(H,34,35)(H,36,41)(H,38,40)/t23-/m0/s1. The number of anilines is 1. The Bertz CT molecular complexity index is 1660. The monoisotopic (exact) mass is 608 g/mol. The molecule has 0 saturated carbocycles. The van der Waals surface area contributed by atoms with Crippen LogP contribution in [0.2, 0.25) is 0 Å². The Labute approximate surface area is 249 Å². The second kappa shape index (κ2) is 14.1. The molecule has 0 aliphatic heterocycles. The SMILES string of the molecule is C=C(C(=O)N[C@@H](CNC(=O)c1ccc2c(cnn2CCCNc2ccccn2)c1)C(=O)OC(=O)C(F)(F)F)c1ccccc1. The molecule has 0 bridgehead atoms. The zero-order valence-corrected chi connectivity index (χ0v) is 23.1. The number of fused-ring (bicyclic) bond motifs is 1. The molecule has 44 heavy (non-hydrogen) atoms. The predicted molar refractivity (Wildman–Crippen MR) is 154 cm³/mol. The van der Waals surface area contributed by atoms with Gasteiger partial charge in [0.25, 0.3) is 11.8 Å². The highest BCUT2D eigenvalue weighted by Gasteiger charge is 2.43. The average molecular weight is 609 g/mol. The molecule has 2 amide bonds. The first-order valence-electron chi connectivity index (χ1n) is 13.3. The van der Waals surface area contributed by atoms with E-state index in [1.54, 1.807) is 59.5 Å². The highest BCUT2D eigenvalue weighted by atomic mass is 19.4. The quantitative estimate of drug-likeness (QED) is 0.0960. The van der Waals surface area contributed by atoms with Crippen LogP contribution in [0.3, 0.4) is 0 Å². The van der Waals surface area contributed by atoms with Gasteiger partial charge in [-0.2, -0.15) is 18.3 Å². The number of hydrogen-bond donors (Lipinski definition) is 3. The lowest BCUT2D eigenvalue weighted by molar-refractivity contribution is -0.202. The summed E-state index contributed by atoms with van der Waals surface area (Å²) < 4.78 is 43.8. The lowest BCUT2D eigenvalue weighted by atomic mass is 10.1. The summed E-state index contributed by atoms with van der Waals surface area (Å²) in [4.78, 5) is 53.5. The third-order valence-electron chi connectivity index (χ3n) is 6.30. The highest BCUT2D eigenvalue weighted by Crippen LogP contribution is 2.18. The molecule has 0 saturated heterocycles. The molecule has 0 aliphatic rings. The van der Waals surface area contributed by atoms with Crippen LogP contribution in [0.25, 0.3) is 16.5 Å². The molecule has 0 spiro atoms. The van der Waals surface area contributed by atoms with Gasteiger partial charge in [-0.15, -0.1) is 0 Å². The van der Waals surface area contributed by atoms with Crippen molar-refractivity contribution in [3.8, 4) is 0 Å². The minimum absolute atomic E-state index is 0.105. The van der Waals surface area contributed by atoms with Crippen LogP contribution in [0.4, 0.5) is 19.0 Å². The van der Waals surface area contributed by atoms with Crippen molar-refractivity contribution in [2.75, 3.05) is 18.4 Å². The van der Waals surface area contributed by atoms with Crippen LogP contribution in [0.5, 0.6) is 0 Å². The van der Waals surface area contributed by atoms with E-state index in [1.807, 2.05) is 18.2 Å². The number of nitrogens with one attached hydrogen (secondary N) is 3. The number of benzene rings is 2. The minimum atomic E-state index is -5.45. The number of aromatic nitrogens is 3. The largest absolute Gasteiger partial charge is 0.491 e. The number of aryl methyl sites for hydroxylation is 1. The molecule has 3 N–H and O–H groups in total. The van der Waals surface area contributed by atoms with E-state index in [-0.39, 0.29) is 11.1 Å². The number of hydrogen-bond acceptors (Lipinski definition) is 8. The Hall–Kier alpha value is -5.53. The summed E-state index contributed by atoms with van der Waals surface area (Å²) in [5, 5.41) is 12.8. The first-order chi connectivity index (χ1) is 21.0. The topological polar surface area (TPSA) is 144 Å². The molecule has 14 heteroatoms. The number of nitrogens with zero attached hydrogens (tertiary/aromatic N) is 3. The van der Waals surface area contributed by atoms with Crippen molar-refractivity contribution in [2.24, 2.45) is 0 Å².